The number of guanidine groups is 1. The molecule has 3 nitrogen and oxygen atoms in total. The molecule has 0 fully saturated rings. The van der Waals surface area contributed by atoms with E-state index in [-0.39, 0.29) is 5.96 Å². The maximum Gasteiger partial charge on any atom is 0.185 e. The van der Waals surface area contributed by atoms with Crippen LogP contribution in [0.2, 0.25) is 0 Å². The zero-order chi connectivity index (χ0) is 13.0. The average Bonchev–Trinajstić information content (AvgIpc) is 2.11. The standard InChI is InChI=1S/C11H29N3S2/c1-10(2)16(5,6)15(3,4)9-7-8-14-11(12)13/h10H,7-9H2,1-6H3,(H4,12,13,14). The molecule has 0 spiro atoms. The summed E-state index contributed by atoms with van der Waals surface area (Å²) in [6.45, 7) is 5.46. The zero-order valence-corrected chi connectivity index (χ0v) is 13.3. The van der Waals surface area contributed by atoms with Crippen molar-refractivity contribution in [2.24, 2.45) is 16.5 Å². The Labute approximate surface area is 103 Å². The summed E-state index contributed by atoms with van der Waals surface area (Å²) in [7, 11) is -1.03. The van der Waals surface area contributed by atoms with Crippen molar-refractivity contribution in [3.8, 4) is 0 Å². The van der Waals surface area contributed by atoms with E-state index in [2.05, 4.69) is 43.9 Å². The number of rotatable bonds is 6. The predicted octanol–water partition coefficient (Wildman–Crippen LogP) is 2.10. The van der Waals surface area contributed by atoms with Crippen LogP contribution in [-0.2, 0) is 0 Å². The molecule has 0 aliphatic rings. The average molecular weight is 268 g/mol. The molecule has 0 amide bonds. The molecule has 0 atom stereocenters. The summed E-state index contributed by atoms with van der Waals surface area (Å²) < 4.78 is 0. The Morgan fingerprint density at radius 2 is 1.62 bits per heavy atom. The molecule has 0 unspecified atom stereocenters. The van der Waals surface area contributed by atoms with Gasteiger partial charge in [-0.2, -0.15) is 0 Å². The predicted molar refractivity (Wildman–Crippen MR) is 84.2 cm³/mol. The second kappa shape index (κ2) is 6.05. The highest BCUT2D eigenvalue weighted by Gasteiger charge is 2.29. The van der Waals surface area contributed by atoms with Gasteiger partial charge in [0.1, 0.15) is 0 Å². The topological polar surface area (TPSA) is 64.4 Å². The lowest BCUT2D eigenvalue weighted by atomic mass is 10.5. The maximum absolute atomic E-state index is 5.32. The Balaban J connectivity index is 4.30. The molecule has 100 valence electrons. The van der Waals surface area contributed by atoms with Gasteiger partial charge in [-0.25, -0.2) is 18.1 Å². The van der Waals surface area contributed by atoms with Gasteiger partial charge in [0.15, 0.2) is 5.96 Å². The van der Waals surface area contributed by atoms with Gasteiger partial charge >= 0.3 is 0 Å². The van der Waals surface area contributed by atoms with E-state index in [1.807, 2.05) is 0 Å². The second-order valence-electron chi connectivity index (χ2n) is 5.16. The number of hydrogen-bond donors (Lipinski definition) is 2. The largest absolute Gasteiger partial charge is 0.370 e. The highest BCUT2D eigenvalue weighted by atomic mass is 33.2. The first-order valence-electron chi connectivity index (χ1n) is 5.60. The van der Waals surface area contributed by atoms with Crippen molar-refractivity contribution in [2.75, 3.05) is 37.3 Å². The molecule has 5 heteroatoms. The molecule has 16 heavy (non-hydrogen) atoms. The molecule has 0 aromatic rings. The molecule has 0 bridgehead atoms. The van der Waals surface area contributed by atoms with Gasteiger partial charge in [-0.15, -0.1) is 0 Å². The first-order chi connectivity index (χ1) is 7.11. The monoisotopic (exact) mass is 267 g/mol. The summed E-state index contributed by atoms with van der Waals surface area (Å²) in [6.07, 6.45) is 10.9. The van der Waals surface area contributed by atoms with E-state index in [0.29, 0.717) is 0 Å². The highest BCUT2D eigenvalue weighted by molar-refractivity contribution is 9.07. The van der Waals surface area contributed by atoms with Gasteiger partial charge in [-0.05, 0) is 42.4 Å². The molecule has 0 aromatic carbocycles. The van der Waals surface area contributed by atoms with E-state index in [0.717, 1.165) is 18.2 Å². The number of nitrogens with two attached hydrogens (primary N) is 2. The summed E-state index contributed by atoms with van der Waals surface area (Å²) in [5.74, 6) is 1.48. The molecule has 0 aliphatic carbocycles. The number of hydrogen-bond acceptors (Lipinski definition) is 1. The summed E-state index contributed by atoms with van der Waals surface area (Å²) in [5, 5.41) is 0.792. The van der Waals surface area contributed by atoms with Gasteiger partial charge < -0.3 is 11.5 Å². The molecule has 0 heterocycles. The normalized spacial score (nSPS) is 14.9. The fourth-order valence-corrected chi connectivity index (χ4v) is 8.42. The van der Waals surface area contributed by atoms with E-state index in [4.69, 9.17) is 11.5 Å². The van der Waals surface area contributed by atoms with Gasteiger partial charge in [0, 0.05) is 6.54 Å². The Hall–Kier alpha value is -0.0300. The molecule has 0 rings (SSSR count). The highest BCUT2D eigenvalue weighted by Crippen LogP contribution is 2.76. The molecule has 0 aliphatic heterocycles. The summed E-state index contributed by atoms with van der Waals surface area (Å²) in [4.78, 5) is 4.05. The first kappa shape index (κ1) is 16.0. The van der Waals surface area contributed by atoms with Crippen molar-refractivity contribution in [1.82, 2.24) is 0 Å². The van der Waals surface area contributed by atoms with Crippen molar-refractivity contribution in [3.05, 3.63) is 0 Å². The quantitative estimate of drug-likeness (QED) is 0.335. The van der Waals surface area contributed by atoms with E-state index in [1.165, 1.54) is 5.75 Å². The first-order valence-corrected chi connectivity index (χ1v) is 11.2. The fraction of sp³-hybridized carbons (Fsp3) is 0.909. The van der Waals surface area contributed by atoms with Gasteiger partial charge in [0.2, 0.25) is 0 Å². The van der Waals surface area contributed by atoms with E-state index >= 15 is 0 Å². The summed E-state index contributed by atoms with van der Waals surface area (Å²) >= 11 is 0. The third-order valence-electron chi connectivity index (χ3n) is 3.39. The van der Waals surface area contributed by atoms with Gasteiger partial charge in [-0.1, -0.05) is 13.8 Å². The van der Waals surface area contributed by atoms with Crippen molar-refractivity contribution < 1.29 is 0 Å². The van der Waals surface area contributed by atoms with E-state index < -0.39 is 18.1 Å². The lowest BCUT2D eigenvalue weighted by molar-refractivity contribution is 0.936. The SMILES string of the molecule is CC(C)S(C)(C)S(C)(C)CCCN=C(N)N. The smallest absolute Gasteiger partial charge is 0.185 e. The van der Waals surface area contributed by atoms with Crippen LogP contribution < -0.4 is 11.5 Å². The Morgan fingerprint density at radius 1 is 1.12 bits per heavy atom. The number of aliphatic imine (C=N–C) groups is 1. The summed E-state index contributed by atoms with van der Waals surface area (Å²) in [5.41, 5.74) is 10.6. The van der Waals surface area contributed by atoms with Crippen molar-refractivity contribution in [3.63, 3.8) is 0 Å². The molecular weight excluding hydrogens is 238 g/mol. The van der Waals surface area contributed by atoms with Gasteiger partial charge in [-0.3, -0.25) is 4.99 Å². The molecule has 0 aromatic heterocycles. The van der Waals surface area contributed by atoms with Crippen LogP contribution in [0.5, 0.6) is 0 Å². The minimum atomic E-state index is -0.525. The van der Waals surface area contributed by atoms with Crippen LogP contribution in [0.15, 0.2) is 4.99 Å². The van der Waals surface area contributed by atoms with Crippen LogP contribution in [-0.4, -0.2) is 48.5 Å². The molecule has 4 N–H and O–H groups in total. The minimum absolute atomic E-state index is 0.211. The fourth-order valence-electron chi connectivity index (χ4n) is 1.36. The van der Waals surface area contributed by atoms with Crippen molar-refractivity contribution in [1.29, 1.82) is 0 Å². The maximum atomic E-state index is 5.32. The molecule has 0 radical (unpaired) electrons. The van der Waals surface area contributed by atoms with Crippen LogP contribution in [0, 0.1) is 0 Å². The van der Waals surface area contributed by atoms with Crippen LogP contribution in [0.25, 0.3) is 0 Å². The lowest BCUT2D eigenvalue weighted by Gasteiger charge is -2.54. The third kappa shape index (κ3) is 4.45. The Kier molecular flexibility index (Phi) is 6.04. The van der Waals surface area contributed by atoms with Gasteiger partial charge in [0.05, 0.1) is 0 Å². The Morgan fingerprint density at radius 3 is 2.00 bits per heavy atom. The van der Waals surface area contributed by atoms with Crippen molar-refractivity contribution in [2.45, 2.75) is 25.5 Å². The van der Waals surface area contributed by atoms with E-state index in [1.54, 1.807) is 0 Å². The van der Waals surface area contributed by atoms with Crippen LogP contribution in [0.1, 0.15) is 20.3 Å². The van der Waals surface area contributed by atoms with Gasteiger partial charge in [0.25, 0.3) is 0 Å². The van der Waals surface area contributed by atoms with Crippen LogP contribution in [0.3, 0.4) is 0 Å². The zero-order valence-electron chi connectivity index (χ0n) is 11.6. The molecule has 0 saturated carbocycles. The van der Waals surface area contributed by atoms with Crippen molar-refractivity contribution >= 4 is 24.1 Å². The lowest BCUT2D eigenvalue weighted by Crippen LogP contribution is -2.23. The van der Waals surface area contributed by atoms with Crippen LogP contribution in [0.4, 0.5) is 0 Å². The molecule has 0 saturated heterocycles. The van der Waals surface area contributed by atoms with Crippen LogP contribution >= 0.6 is 18.1 Å². The third-order valence-corrected chi connectivity index (χ3v) is 17.9. The van der Waals surface area contributed by atoms with E-state index in [9.17, 15) is 0 Å². The summed E-state index contributed by atoms with van der Waals surface area (Å²) in [6, 6.07) is 0. The second-order valence-corrected chi connectivity index (χ2v) is 17.3. The molecular formula is C11H29N3S2. The Bertz CT molecular complexity index is 244. The number of nitrogens with zero attached hydrogens (tertiary/aromatic N) is 1. The minimum Gasteiger partial charge on any atom is -0.370 e.